The average Bonchev–Trinajstić information content (AvgIpc) is 3.86. The van der Waals surface area contributed by atoms with E-state index in [0.29, 0.717) is 46.4 Å². The van der Waals surface area contributed by atoms with E-state index >= 15 is 0 Å². The smallest absolute Gasteiger partial charge is 0.204 e. The van der Waals surface area contributed by atoms with Gasteiger partial charge in [-0.2, -0.15) is 0 Å². The molecule has 11 nitrogen and oxygen atoms in total. The van der Waals surface area contributed by atoms with Gasteiger partial charge in [0.25, 0.3) is 0 Å². The van der Waals surface area contributed by atoms with Crippen molar-refractivity contribution in [2.24, 2.45) is 0 Å². The lowest BCUT2D eigenvalue weighted by Crippen LogP contribution is -2.04. The summed E-state index contributed by atoms with van der Waals surface area (Å²) in [7, 11) is 3.25. The lowest BCUT2D eigenvalue weighted by Gasteiger charge is -2.12. The molecule has 0 atom stereocenters. The second-order valence-corrected chi connectivity index (χ2v) is 12.7. The molecule has 230 valence electrons. The van der Waals surface area contributed by atoms with E-state index in [1.807, 2.05) is 32.0 Å². The Morgan fingerprint density at radius 3 is 1.89 bits per heavy atom. The SMILES string of the molecule is COc1ccc(CNc2nc(-c3ccno3)nc3sc(C)c(C)c23)cc1OC.Cc1sc2nc(-c3ccno3)nc(Cl)c2c1C. The van der Waals surface area contributed by atoms with Gasteiger partial charge in [0.1, 0.15) is 20.6 Å². The fourth-order valence-corrected chi connectivity index (χ4v) is 7.06. The van der Waals surface area contributed by atoms with E-state index in [9.17, 15) is 0 Å². The molecule has 0 spiro atoms. The van der Waals surface area contributed by atoms with Crippen molar-refractivity contribution in [2.45, 2.75) is 34.2 Å². The Kier molecular flexibility index (Phi) is 8.65. The molecule has 0 amide bonds. The molecule has 0 radical (unpaired) electrons. The monoisotopic (exact) mass is 661 g/mol. The van der Waals surface area contributed by atoms with Crippen LogP contribution in [0.3, 0.4) is 0 Å². The maximum Gasteiger partial charge on any atom is 0.204 e. The number of aromatic nitrogens is 6. The highest BCUT2D eigenvalue weighted by molar-refractivity contribution is 7.19. The number of fused-ring (bicyclic) bond motifs is 2. The number of halogens is 1. The summed E-state index contributed by atoms with van der Waals surface area (Å²) in [6, 6.07) is 9.31. The number of thiophene rings is 2. The molecule has 1 N–H and O–H groups in total. The maximum absolute atomic E-state index is 6.19. The first kappa shape index (κ1) is 30.4. The van der Waals surface area contributed by atoms with Crippen LogP contribution in [-0.2, 0) is 6.54 Å². The van der Waals surface area contributed by atoms with Crippen LogP contribution >= 0.6 is 34.3 Å². The summed E-state index contributed by atoms with van der Waals surface area (Å²) in [6.07, 6.45) is 3.15. The van der Waals surface area contributed by atoms with Gasteiger partial charge in [-0.25, -0.2) is 19.9 Å². The van der Waals surface area contributed by atoms with E-state index in [1.165, 1.54) is 15.3 Å². The predicted octanol–water partition coefficient (Wildman–Crippen LogP) is 8.21. The molecule has 45 heavy (non-hydrogen) atoms. The summed E-state index contributed by atoms with van der Waals surface area (Å²) < 4.78 is 21.0. The van der Waals surface area contributed by atoms with Crippen molar-refractivity contribution in [3.05, 3.63) is 74.3 Å². The molecule has 0 aliphatic heterocycles. The molecule has 7 aromatic rings. The van der Waals surface area contributed by atoms with E-state index in [2.05, 4.69) is 44.4 Å². The summed E-state index contributed by atoms with van der Waals surface area (Å²) in [5.74, 6) is 4.22. The molecule has 0 fully saturated rings. The normalized spacial score (nSPS) is 11.1. The Labute approximate surface area is 271 Å². The average molecular weight is 662 g/mol. The first-order valence-corrected chi connectivity index (χ1v) is 15.8. The lowest BCUT2D eigenvalue weighted by molar-refractivity contribution is 0.354. The van der Waals surface area contributed by atoms with Crippen molar-refractivity contribution in [1.29, 1.82) is 0 Å². The summed E-state index contributed by atoms with van der Waals surface area (Å²) >= 11 is 9.45. The van der Waals surface area contributed by atoms with Gasteiger partial charge in [-0.3, -0.25) is 0 Å². The molecule has 0 bridgehead atoms. The third-order valence-electron chi connectivity index (χ3n) is 7.24. The fourth-order valence-electron chi connectivity index (χ4n) is 4.64. The van der Waals surface area contributed by atoms with Crippen LogP contribution in [0.5, 0.6) is 11.5 Å². The number of methoxy groups -OCH3 is 2. The molecular formula is C31H28ClN7O4S2. The van der Waals surface area contributed by atoms with Gasteiger partial charge in [0.05, 0.1) is 37.4 Å². The largest absolute Gasteiger partial charge is 0.493 e. The van der Waals surface area contributed by atoms with Gasteiger partial charge >= 0.3 is 0 Å². The van der Waals surface area contributed by atoms with Crippen molar-refractivity contribution < 1.29 is 18.5 Å². The van der Waals surface area contributed by atoms with Gasteiger partial charge in [-0.05, 0) is 56.5 Å². The molecule has 0 saturated carbocycles. The van der Waals surface area contributed by atoms with Crippen molar-refractivity contribution in [3.63, 3.8) is 0 Å². The van der Waals surface area contributed by atoms with Crippen LogP contribution in [0.4, 0.5) is 5.82 Å². The highest BCUT2D eigenvalue weighted by atomic mass is 35.5. The zero-order chi connectivity index (χ0) is 31.7. The topological polar surface area (TPSA) is 134 Å². The van der Waals surface area contributed by atoms with E-state index in [0.717, 1.165) is 37.4 Å². The molecule has 0 aliphatic rings. The Morgan fingerprint density at radius 2 is 1.31 bits per heavy atom. The van der Waals surface area contributed by atoms with Gasteiger partial charge in [0, 0.05) is 28.4 Å². The first-order valence-electron chi connectivity index (χ1n) is 13.7. The van der Waals surface area contributed by atoms with Crippen molar-refractivity contribution in [3.8, 4) is 34.7 Å². The minimum atomic E-state index is 0.461. The highest BCUT2D eigenvalue weighted by Crippen LogP contribution is 2.36. The molecule has 6 heterocycles. The number of rotatable bonds is 7. The second kappa shape index (κ2) is 12.8. The molecule has 0 unspecified atom stereocenters. The van der Waals surface area contributed by atoms with E-state index in [4.69, 9.17) is 35.1 Å². The quantitative estimate of drug-likeness (QED) is 0.166. The third-order valence-corrected chi connectivity index (χ3v) is 9.71. The molecular weight excluding hydrogens is 634 g/mol. The van der Waals surface area contributed by atoms with E-state index < -0.39 is 0 Å². The Morgan fingerprint density at radius 1 is 0.733 bits per heavy atom. The number of hydrogen-bond donors (Lipinski definition) is 1. The maximum atomic E-state index is 6.19. The van der Waals surface area contributed by atoms with Gasteiger partial charge < -0.3 is 23.8 Å². The number of nitrogens with one attached hydrogen (secondary N) is 1. The fraction of sp³-hybridized carbons (Fsp3) is 0.226. The van der Waals surface area contributed by atoms with Gasteiger partial charge in [0.2, 0.25) is 23.2 Å². The van der Waals surface area contributed by atoms with Crippen LogP contribution in [0.1, 0.15) is 26.4 Å². The van der Waals surface area contributed by atoms with Crippen LogP contribution < -0.4 is 14.8 Å². The first-order chi connectivity index (χ1) is 21.8. The van der Waals surface area contributed by atoms with Crippen LogP contribution in [0, 0.1) is 27.7 Å². The van der Waals surface area contributed by atoms with Crippen LogP contribution in [0.25, 0.3) is 43.6 Å². The van der Waals surface area contributed by atoms with Crippen molar-refractivity contribution in [1.82, 2.24) is 30.2 Å². The summed E-state index contributed by atoms with van der Waals surface area (Å²) in [5.41, 5.74) is 3.37. The van der Waals surface area contributed by atoms with E-state index in [-0.39, 0.29) is 0 Å². The van der Waals surface area contributed by atoms with Crippen LogP contribution in [-0.4, -0.2) is 44.5 Å². The van der Waals surface area contributed by atoms with Crippen molar-refractivity contribution >= 4 is 60.5 Å². The number of anilines is 1. The number of hydrogen-bond acceptors (Lipinski definition) is 13. The van der Waals surface area contributed by atoms with Crippen LogP contribution in [0.15, 0.2) is 51.8 Å². The molecule has 14 heteroatoms. The molecule has 6 aromatic heterocycles. The predicted molar refractivity (Wildman–Crippen MR) is 177 cm³/mol. The van der Waals surface area contributed by atoms with E-state index in [1.54, 1.807) is 61.4 Å². The number of ether oxygens (including phenoxy) is 2. The molecule has 7 rings (SSSR count). The summed E-state index contributed by atoms with van der Waals surface area (Å²) in [4.78, 5) is 22.3. The van der Waals surface area contributed by atoms with Gasteiger partial charge in [-0.15, -0.1) is 22.7 Å². The zero-order valence-corrected chi connectivity index (χ0v) is 27.6. The summed E-state index contributed by atoms with van der Waals surface area (Å²) in [5, 5.41) is 13.3. The van der Waals surface area contributed by atoms with Gasteiger partial charge in [0.15, 0.2) is 11.5 Å². The number of benzene rings is 1. The zero-order valence-electron chi connectivity index (χ0n) is 25.3. The minimum absolute atomic E-state index is 0.461. The lowest BCUT2D eigenvalue weighted by atomic mass is 10.2. The molecule has 0 saturated heterocycles. The highest BCUT2D eigenvalue weighted by Gasteiger charge is 2.18. The number of nitrogens with zero attached hydrogens (tertiary/aromatic N) is 6. The standard InChI is InChI=1S/C20H20N4O3S.C11H8ClN3OS/c1-11-12(2)28-20-17(11)19(23-18(24-20)15-7-8-22-27-15)21-10-13-5-6-14(25-3)16(9-13)26-4;1-5-6(2)17-11-8(5)9(12)14-10(15-11)7-3-4-13-16-7/h5-9H,10H2,1-4H3,(H,21,23,24);3-4H,1-2H3. The van der Waals surface area contributed by atoms with Gasteiger partial charge in [-0.1, -0.05) is 28.0 Å². The molecule has 0 aliphatic carbocycles. The Bertz CT molecular complexity index is 2110. The second-order valence-electron chi connectivity index (χ2n) is 9.96. The van der Waals surface area contributed by atoms with Crippen molar-refractivity contribution in [2.75, 3.05) is 19.5 Å². The van der Waals surface area contributed by atoms with Crippen LogP contribution in [0.2, 0.25) is 5.15 Å². The third kappa shape index (κ3) is 6.06. The summed E-state index contributed by atoms with van der Waals surface area (Å²) in [6.45, 7) is 8.83. The molecule has 1 aromatic carbocycles. The number of aryl methyl sites for hydroxylation is 4. The minimum Gasteiger partial charge on any atom is -0.493 e. The Balaban J connectivity index is 0.000000179. The Hall–Kier alpha value is -4.59.